The summed E-state index contributed by atoms with van der Waals surface area (Å²) in [7, 11) is -1.34. The number of Topliss-reactive ketones (excluding diaryl/α,β-unsaturated/α-hetero) is 1. The Balaban J connectivity index is 0.000000207. The minimum atomic E-state index is -3.74. The maximum atomic E-state index is 13.2. The first-order chi connectivity index (χ1) is 36.9. The van der Waals surface area contributed by atoms with Crippen LogP contribution in [0.4, 0.5) is 29.0 Å². The molecule has 412 valence electrons. The predicted octanol–water partition coefficient (Wildman–Crippen LogP) is 4.53. The van der Waals surface area contributed by atoms with Crippen molar-refractivity contribution in [3.63, 3.8) is 0 Å². The Hall–Kier alpha value is -7.54. The summed E-state index contributed by atoms with van der Waals surface area (Å²) in [6.45, 7) is 14.5. The second-order valence-corrected chi connectivity index (χ2v) is 22.3. The summed E-state index contributed by atoms with van der Waals surface area (Å²) >= 11 is 0. The summed E-state index contributed by atoms with van der Waals surface area (Å²) in [5, 5.41) is 0. The number of benzene rings is 2. The van der Waals surface area contributed by atoms with Gasteiger partial charge in [0, 0.05) is 141 Å². The second kappa shape index (κ2) is 27.5. The third kappa shape index (κ3) is 15.8. The number of aromatic nitrogens is 6. The van der Waals surface area contributed by atoms with Crippen molar-refractivity contribution in [3.8, 4) is 11.5 Å². The Bertz CT molecular complexity index is 3050. The van der Waals surface area contributed by atoms with E-state index in [0.717, 1.165) is 68.3 Å². The molecule has 6 heterocycles. The van der Waals surface area contributed by atoms with Gasteiger partial charge >= 0.3 is 0 Å². The number of ketones is 1. The third-order valence-corrected chi connectivity index (χ3v) is 17.2. The van der Waals surface area contributed by atoms with Crippen LogP contribution in [0.1, 0.15) is 34.2 Å². The summed E-state index contributed by atoms with van der Waals surface area (Å²) in [6, 6.07) is 14.8. The van der Waals surface area contributed by atoms with Gasteiger partial charge in [-0.25, -0.2) is 41.1 Å². The SMILES string of the molecule is COc1cc(C)c(S(=O)(=O)N(C)CCC(=O)Cc2cnc(N3CCN(c4ccncc4)CC3)nc2)c(C)c1.COc1cc(C)c(S(=O)(=O)N(C)CCOC=O)c(C)c1.Nc1cnc(N2CCN(c3ccncc3)CC2)nc1. The van der Waals surface area contributed by atoms with Crippen molar-refractivity contribution in [3.05, 3.63) is 126 Å². The summed E-state index contributed by atoms with van der Waals surface area (Å²) in [5.41, 5.74) is 11.7. The third-order valence-electron chi connectivity index (χ3n) is 12.9. The van der Waals surface area contributed by atoms with Gasteiger partial charge in [0.05, 0.1) is 42.1 Å². The van der Waals surface area contributed by atoms with Gasteiger partial charge in [-0.05, 0) is 104 Å². The molecule has 0 atom stereocenters. The van der Waals surface area contributed by atoms with E-state index in [1.807, 2.05) is 36.7 Å². The monoisotopic (exact) mass is 1100 g/mol. The van der Waals surface area contributed by atoms with E-state index in [1.54, 1.807) is 96.3 Å². The van der Waals surface area contributed by atoms with Crippen LogP contribution in [0.5, 0.6) is 11.5 Å². The second-order valence-electron chi connectivity index (χ2n) is 18.3. The molecule has 8 rings (SSSR count). The van der Waals surface area contributed by atoms with Gasteiger partial charge in [-0.1, -0.05) is 0 Å². The largest absolute Gasteiger partial charge is 0.497 e. The number of methoxy groups -OCH3 is 2. The number of anilines is 5. The number of nitrogens with zero attached hydrogens (tertiary/aromatic N) is 12. The van der Waals surface area contributed by atoms with Gasteiger partial charge in [0.25, 0.3) is 6.47 Å². The molecule has 0 bridgehead atoms. The molecular weight excluding hydrogens is 1030 g/mol. The lowest BCUT2D eigenvalue weighted by Gasteiger charge is -2.36. The highest BCUT2D eigenvalue weighted by molar-refractivity contribution is 7.89. The van der Waals surface area contributed by atoms with Crippen LogP contribution < -0.4 is 34.8 Å². The molecule has 0 saturated carbocycles. The van der Waals surface area contributed by atoms with Gasteiger partial charge in [-0.2, -0.15) is 4.31 Å². The molecule has 24 heteroatoms. The van der Waals surface area contributed by atoms with Crippen molar-refractivity contribution in [2.45, 2.75) is 50.3 Å². The number of nitrogen functional groups attached to an aromatic ring is 1. The van der Waals surface area contributed by atoms with E-state index in [9.17, 15) is 26.4 Å². The highest BCUT2D eigenvalue weighted by atomic mass is 32.2. The molecule has 77 heavy (non-hydrogen) atoms. The molecule has 2 aromatic carbocycles. The zero-order valence-electron chi connectivity index (χ0n) is 44.9. The lowest BCUT2D eigenvalue weighted by atomic mass is 10.1. The number of rotatable bonds is 19. The number of likely N-dealkylation sites (N-methyl/N-ethyl adjacent to an activating group) is 1. The van der Waals surface area contributed by atoms with Gasteiger partial charge in [0.15, 0.2) is 0 Å². The van der Waals surface area contributed by atoms with E-state index < -0.39 is 20.0 Å². The van der Waals surface area contributed by atoms with Crippen LogP contribution in [0.3, 0.4) is 0 Å². The molecule has 0 unspecified atom stereocenters. The van der Waals surface area contributed by atoms with Gasteiger partial charge in [0.1, 0.15) is 23.9 Å². The first-order valence-corrected chi connectivity index (χ1v) is 27.7. The minimum Gasteiger partial charge on any atom is -0.497 e. The van der Waals surface area contributed by atoms with Crippen LogP contribution in [0.25, 0.3) is 0 Å². The Morgan fingerprint density at radius 1 is 0.597 bits per heavy atom. The van der Waals surface area contributed by atoms with Crippen molar-refractivity contribution >= 4 is 61.3 Å². The molecule has 0 aliphatic carbocycles. The van der Waals surface area contributed by atoms with Crippen LogP contribution in [0.15, 0.2) is 108 Å². The molecular formula is C53H69N13O9S2. The average Bonchev–Trinajstić information content (AvgIpc) is 3.43. The van der Waals surface area contributed by atoms with Gasteiger partial charge in [0.2, 0.25) is 31.9 Å². The van der Waals surface area contributed by atoms with Crippen molar-refractivity contribution in [2.75, 3.05) is 126 Å². The molecule has 2 aliphatic rings. The molecule has 22 nitrogen and oxygen atoms in total. The smallest absolute Gasteiger partial charge is 0.293 e. The summed E-state index contributed by atoms with van der Waals surface area (Å²) in [6.07, 6.45) is 14.2. The van der Waals surface area contributed by atoms with Crippen molar-refractivity contribution in [2.24, 2.45) is 0 Å². The fraction of sp³-hybridized carbons (Fsp3) is 0.396. The minimum absolute atomic E-state index is 0.0213. The molecule has 2 fully saturated rings. The fourth-order valence-corrected chi connectivity index (χ4v) is 11.9. The van der Waals surface area contributed by atoms with Crippen molar-refractivity contribution in [1.82, 2.24) is 38.5 Å². The Morgan fingerprint density at radius 3 is 1.34 bits per heavy atom. The summed E-state index contributed by atoms with van der Waals surface area (Å²) in [5.74, 6) is 2.55. The molecule has 6 aromatic rings. The van der Waals surface area contributed by atoms with Crippen molar-refractivity contribution < 1.29 is 40.6 Å². The molecule has 2 aliphatic heterocycles. The van der Waals surface area contributed by atoms with Crippen LogP contribution in [0, 0.1) is 27.7 Å². The topological polar surface area (TPSA) is 253 Å². The predicted molar refractivity (Wildman–Crippen MR) is 296 cm³/mol. The van der Waals surface area contributed by atoms with Gasteiger partial charge in [-0.15, -0.1) is 0 Å². The van der Waals surface area contributed by atoms with Crippen LogP contribution in [0.2, 0.25) is 0 Å². The Morgan fingerprint density at radius 2 is 0.961 bits per heavy atom. The maximum absolute atomic E-state index is 13.2. The number of ether oxygens (including phenoxy) is 3. The maximum Gasteiger partial charge on any atom is 0.293 e. The number of pyridine rings is 2. The van der Waals surface area contributed by atoms with Crippen molar-refractivity contribution in [1.29, 1.82) is 0 Å². The quantitative estimate of drug-likeness (QED) is 0.0864. The standard InChI is InChI=1S/C27H34N6O4S.C13H16N6.C13H19NO5S/c1-20-15-25(37-4)16-21(2)26(20)38(35,36)31(3)10-7-24(34)17-22-18-29-27(30-19-22)33-13-11-32(12-14-33)23-5-8-28-9-6-23;14-11-9-16-13(17-10-11)19-7-5-18(6-8-19)12-1-3-15-4-2-12;1-10-7-12(18-4)8-11(2)13(10)20(16,17)14(3)5-6-19-9-15/h5-6,8-9,15-16,18-19H,7,10-14,17H2,1-4H3;1-4,9-10H,5-8,14H2;7-9H,5-6H2,1-4H3. The molecule has 0 spiro atoms. The van der Waals surface area contributed by atoms with E-state index >= 15 is 0 Å². The number of carbonyl (C=O) groups is 2. The fourth-order valence-electron chi connectivity index (χ4n) is 8.79. The molecule has 4 aromatic heterocycles. The van der Waals surface area contributed by atoms with E-state index in [4.69, 9.17) is 15.2 Å². The number of piperazine rings is 2. The summed E-state index contributed by atoms with van der Waals surface area (Å²) < 4.78 is 68.6. The van der Waals surface area contributed by atoms with E-state index in [-0.39, 0.29) is 48.1 Å². The van der Waals surface area contributed by atoms with Gasteiger partial charge in [-0.3, -0.25) is 19.6 Å². The first-order valence-electron chi connectivity index (χ1n) is 24.8. The molecule has 2 N–H and O–H groups in total. The normalized spacial score (nSPS) is 13.8. The summed E-state index contributed by atoms with van der Waals surface area (Å²) in [4.78, 5) is 57.8. The van der Waals surface area contributed by atoms with E-state index in [2.05, 4.69) is 54.2 Å². The number of hydrogen-bond acceptors (Lipinski definition) is 20. The van der Waals surface area contributed by atoms with Crippen LogP contribution >= 0.6 is 0 Å². The highest BCUT2D eigenvalue weighted by Gasteiger charge is 2.28. The number of nitrogens with two attached hydrogens (primary N) is 1. The molecule has 0 radical (unpaired) electrons. The Labute approximate surface area is 452 Å². The number of aryl methyl sites for hydroxylation is 4. The van der Waals surface area contributed by atoms with Gasteiger partial charge < -0.3 is 39.5 Å². The number of sulfonamides is 2. The number of carbonyl (C=O) groups excluding carboxylic acids is 2. The van der Waals surface area contributed by atoms with Crippen LogP contribution in [-0.4, -0.2) is 168 Å². The molecule has 0 amide bonds. The Kier molecular flexibility index (Phi) is 21.0. The zero-order valence-corrected chi connectivity index (χ0v) is 46.6. The molecule has 2 saturated heterocycles. The lowest BCUT2D eigenvalue weighted by Crippen LogP contribution is -2.47. The number of hydrogen-bond donors (Lipinski definition) is 1. The first kappa shape index (κ1) is 58.7. The van der Waals surface area contributed by atoms with E-state index in [0.29, 0.717) is 57.4 Å². The van der Waals surface area contributed by atoms with E-state index in [1.165, 1.54) is 31.2 Å². The zero-order chi connectivity index (χ0) is 55.7. The van der Waals surface area contributed by atoms with Crippen LogP contribution in [-0.2, 0) is 40.8 Å². The average molecular weight is 1100 g/mol. The lowest BCUT2D eigenvalue weighted by molar-refractivity contribution is -0.128. The highest BCUT2D eigenvalue weighted by Crippen LogP contribution is 2.29.